The van der Waals surface area contributed by atoms with E-state index in [0.29, 0.717) is 6.04 Å². The number of nitrogens with zero attached hydrogens (tertiary/aromatic N) is 1. The molecule has 2 fully saturated rings. The summed E-state index contributed by atoms with van der Waals surface area (Å²) >= 11 is 0. The molecule has 0 bridgehead atoms. The summed E-state index contributed by atoms with van der Waals surface area (Å²) in [6.45, 7) is 7.43. The van der Waals surface area contributed by atoms with Crippen LogP contribution in [0.1, 0.15) is 47.0 Å². The van der Waals surface area contributed by atoms with Crippen LogP contribution in [-0.2, 0) is 19.1 Å². The highest BCUT2D eigenvalue weighted by Crippen LogP contribution is 2.34. The maximum atomic E-state index is 12.5. The number of rotatable bonds is 6. The topological polar surface area (TPSA) is 96.3 Å². The van der Waals surface area contributed by atoms with Gasteiger partial charge in [-0.15, -0.1) is 0 Å². The van der Waals surface area contributed by atoms with E-state index in [1.54, 1.807) is 0 Å². The summed E-state index contributed by atoms with van der Waals surface area (Å²) < 4.78 is 10.3. The molecule has 0 aromatic carbocycles. The van der Waals surface area contributed by atoms with Crippen molar-refractivity contribution in [1.82, 2.24) is 4.90 Å². The highest BCUT2D eigenvalue weighted by atomic mass is 16.6. The fourth-order valence-corrected chi connectivity index (χ4v) is 3.92. The Hall–Kier alpha value is -1.18. The minimum Gasteiger partial charge on any atom is -0.463 e. The lowest BCUT2D eigenvalue weighted by molar-refractivity contribution is -0.220. The van der Waals surface area contributed by atoms with Crippen molar-refractivity contribution in [2.75, 3.05) is 19.7 Å². The Balaban J connectivity index is 2.04. The van der Waals surface area contributed by atoms with Gasteiger partial charge in [-0.1, -0.05) is 0 Å². The summed E-state index contributed by atoms with van der Waals surface area (Å²) in [5.74, 6) is -1.36. The van der Waals surface area contributed by atoms with E-state index in [4.69, 9.17) is 9.47 Å². The second kappa shape index (κ2) is 6.98. The monoisotopic (exact) mass is 343 g/mol. The van der Waals surface area contributed by atoms with Gasteiger partial charge in [-0.2, -0.15) is 0 Å². The van der Waals surface area contributed by atoms with Crippen molar-refractivity contribution < 1.29 is 29.3 Å². The van der Waals surface area contributed by atoms with Crippen LogP contribution in [-0.4, -0.2) is 70.1 Å². The van der Waals surface area contributed by atoms with Crippen LogP contribution in [0.5, 0.6) is 0 Å². The first-order valence-electron chi connectivity index (χ1n) is 8.60. The Morgan fingerprint density at radius 3 is 2.50 bits per heavy atom. The van der Waals surface area contributed by atoms with Gasteiger partial charge in [0.15, 0.2) is 0 Å². The second-order valence-corrected chi connectivity index (χ2v) is 7.47. The molecule has 0 amide bonds. The largest absolute Gasteiger partial charge is 0.463 e. The Morgan fingerprint density at radius 1 is 1.25 bits per heavy atom. The van der Waals surface area contributed by atoms with E-state index in [1.807, 2.05) is 0 Å². The number of carbonyl (C=O) groups is 2. The summed E-state index contributed by atoms with van der Waals surface area (Å²) in [5.41, 5.74) is -4.15. The van der Waals surface area contributed by atoms with Crippen LogP contribution in [0.4, 0.5) is 0 Å². The lowest BCUT2D eigenvalue weighted by Crippen LogP contribution is -2.64. The van der Waals surface area contributed by atoms with Gasteiger partial charge in [0.2, 0.25) is 5.60 Å². The van der Waals surface area contributed by atoms with Gasteiger partial charge in [-0.05, 0) is 53.1 Å². The quantitative estimate of drug-likeness (QED) is 0.677. The zero-order valence-electron chi connectivity index (χ0n) is 14.9. The molecule has 0 aromatic heterocycles. The maximum Gasteiger partial charge on any atom is 0.345 e. The first-order chi connectivity index (χ1) is 11.1. The van der Waals surface area contributed by atoms with Gasteiger partial charge in [0.05, 0.1) is 6.61 Å². The molecule has 4 unspecified atom stereocenters. The van der Waals surface area contributed by atoms with Crippen LogP contribution in [0.3, 0.4) is 0 Å². The number of hydrogen-bond donors (Lipinski definition) is 2. The van der Waals surface area contributed by atoms with Crippen molar-refractivity contribution in [3.8, 4) is 0 Å². The number of fused-ring (bicyclic) bond motifs is 1. The van der Waals surface area contributed by atoms with E-state index in [0.717, 1.165) is 32.4 Å². The van der Waals surface area contributed by atoms with Gasteiger partial charge in [0.25, 0.3) is 0 Å². The van der Waals surface area contributed by atoms with E-state index in [-0.39, 0.29) is 12.5 Å². The number of ether oxygens (including phenoxy) is 2. The first kappa shape index (κ1) is 19.1. The number of hydrogen-bond acceptors (Lipinski definition) is 7. The molecule has 138 valence electrons. The molecule has 2 aliphatic rings. The van der Waals surface area contributed by atoms with Gasteiger partial charge in [0.1, 0.15) is 11.7 Å². The molecule has 0 aliphatic carbocycles. The van der Waals surface area contributed by atoms with Crippen molar-refractivity contribution in [2.24, 2.45) is 5.92 Å². The minimum atomic E-state index is -2.33. The summed E-state index contributed by atoms with van der Waals surface area (Å²) in [6, 6.07) is 0.430. The molecule has 24 heavy (non-hydrogen) atoms. The molecule has 0 aromatic rings. The Labute approximate surface area is 142 Å². The standard InChI is InChI=1S/C17H29NO6/c1-11(24-12(2)19)17(22,16(3,4)21)15(20)23-10-13-7-9-18-8-5-6-14(13)18/h11,13-14,21-22H,5-10H2,1-4H3. The summed E-state index contributed by atoms with van der Waals surface area (Å²) in [5, 5.41) is 21.1. The molecular formula is C17H29NO6. The lowest BCUT2D eigenvalue weighted by Gasteiger charge is -2.40. The molecule has 2 rings (SSSR count). The molecule has 0 radical (unpaired) electrons. The molecule has 2 N–H and O–H groups in total. The van der Waals surface area contributed by atoms with E-state index in [2.05, 4.69) is 4.90 Å². The fraction of sp³-hybridized carbons (Fsp3) is 0.882. The maximum absolute atomic E-state index is 12.5. The lowest BCUT2D eigenvalue weighted by atomic mass is 9.81. The Bertz CT molecular complexity index is 488. The van der Waals surface area contributed by atoms with Crippen LogP contribution in [0.2, 0.25) is 0 Å². The third-order valence-electron chi connectivity index (χ3n) is 5.35. The second-order valence-electron chi connectivity index (χ2n) is 7.47. The van der Waals surface area contributed by atoms with Gasteiger partial charge < -0.3 is 19.7 Å². The highest BCUT2D eigenvalue weighted by molar-refractivity contribution is 5.82. The van der Waals surface area contributed by atoms with Crippen LogP contribution < -0.4 is 0 Å². The van der Waals surface area contributed by atoms with E-state index in [1.165, 1.54) is 27.7 Å². The Morgan fingerprint density at radius 2 is 1.92 bits per heavy atom. The normalized spacial score (nSPS) is 28.1. The zero-order valence-corrected chi connectivity index (χ0v) is 14.9. The minimum absolute atomic E-state index is 0.200. The molecule has 2 saturated heterocycles. The molecular weight excluding hydrogens is 314 g/mol. The Kier molecular flexibility index (Phi) is 5.57. The predicted octanol–water partition coefficient (Wildman–Crippen LogP) is 0.468. The highest BCUT2D eigenvalue weighted by Gasteiger charge is 2.56. The van der Waals surface area contributed by atoms with Gasteiger partial charge in [-0.3, -0.25) is 9.69 Å². The fourth-order valence-electron chi connectivity index (χ4n) is 3.92. The predicted molar refractivity (Wildman–Crippen MR) is 86.1 cm³/mol. The van der Waals surface area contributed by atoms with Crippen molar-refractivity contribution >= 4 is 11.9 Å². The van der Waals surface area contributed by atoms with E-state index in [9.17, 15) is 19.8 Å². The van der Waals surface area contributed by atoms with Gasteiger partial charge >= 0.3 is 11.9 Å². The van der Waals surface area contributed by atoms with Crippen molar-refractivity contribution in [1.29, 1.82) is 0 Å². The van der Waals surface area contributed by atoms with Crippen LogP contribution in [0.25, 0.3) is 0 Å². The van der Waals surface area contributed by atoms with Crippen molar-refractivity contribution in [2.45, 2.75) is 70.3 Å². The molecule has 0 spiro atoms. The average molecular weight is 343 g/mol. The van der Waals surface area contributed by atoms with Crippen molar-refractivity contribution in [3.05, 3.63) is 0 Å². The molecule has 2 heterocycles. The molecule has 7 nitrogen and oxygen atoms in total. The van der Waals surface area contributed by atoms with Gasteiger partial charge in [0, 0.05) is 18.9 Å². The smallest absolute Gasteiger partial charge is 0.345 e. The van der Waals surface area contributed by atoms with E-state index >= 15 is 0 Å². The summed E-state index contributed by atoms with van der Waals surface area (Å²) in [4.78, 5) is 26.1. The molecule has 4 atom stereocenters. The number of carbonyl (C=O) groups excluding carboxylic acids is 2. The summed E-state index contributed by atoms with van der Waals surface area (Å²) in [6.07, 6.45) is 1.99. The first-order valence-corrected chi connectivity index (χ1v) is 8.60. The van der Waals surface area contributed by atoms with E-state index < -0.39 is 29.2 Å². The van der Waals surface area contributed by atoms with Crippen molar-refractivity contribution in [3.63, 3.8) is 0 Å². The molecule has 7 heteroatoms. The SMILES string of the molecule is CC(=O)OC(C)C(O)(C(=O)OCC1CCN2CCCC12)C(C)(C)O. The number of esters is 2. The third kappa shape index (κ3) is 3.58. The van der Waals surface area contributed by atoms with Crippen LogP contribution in [0, 0.1) is 5.92 Å². The molecule has 0 saturated carbocycles. The third-order valence-corrected chi connectivity index (χ3v) is 5.35. The zero-order chi connectivity index (χ0) is 18.1. The van der Waals surface area contributed by atoms with Crippen LogP contribution in [0.15, 0.2) is 0 Å². The number of aliphatic hydroxyl groups is 2. The molecule has 2 aliphatic heterocycles. The van der Waals surface area contributed by atoms with Gasteiger partial charge in [-0.25, -0.2) is 4.79 Å². The summed E-state index contributed by atoms with van der Waals surface area (Å²) in [7, 11) is 0. The van der Waals surface area contributed by atoms with Crippen LogP contribution >= 0.6 is 0 Å². The average Bonchev–Trinajstić information content (AvgIpc) is 3.05.